The Morgan fingerprint density at radius 3 is 3.00 bits per heavy atom. The molecule has 0 saturated heterocycles. The Balaban J connectivity index is 1.88. The van der Waals surface area contributed by atoms with E-state index in [2.05, 4.69) is 16.6 Å². The van der Waals surface area contributed by atoms with Gasteiger partial charge < -0.3 is 10.1 Å². The molecule has 1 aromatic rings. The third kappa shape index (κ3) is 2.98. The summed E-state index contributed by atoms with van der Waals surface area (Å²) in [5.74, 6) is -0.343. The number of nitrogens with one attached hydrogen (secondary N) is 1. The van der Waals surface area contributed by atoms with Crippen LogP contribution in [0.1, 0.15) is 36.7 Å². The lowest BCUT2D eigenvalue weighted by molar-refractivity contribution is 0.0520. The molecule has 18 heavy (non-hydrogen) atoms. The lowest BCUT2D eigenvalue weighted by Crippen LogP contribution is -2.40. The second kappa shape index (κ2) is 5.93. The molecule has 1 aliphatic rings. The minimum atomic E-state index is -0.343. The number of carbonyl (C=O) groups excluding carboxylic acids is 1. The first-order chi connectivity index (χ1) is 8.69. The van der Waals surface area contributed by atoms with Gasteiger partial charge in [0.15, 0.2) is 10.8 Å². The Hall–Kier alpha value is -0.750. The molecular weight excluding hydrogens is 268 g/mol. The van der Waals surface area contributed by atoms with Crippen molar-refractivity contribution in [2.24, 2.45) is 0 Å². The minimum Gasteiger partial charge on any atom is -0.461 e. The monoisotopic (exact) mass is 286 g/mol. The average molecular weight is 286 g/mol. The van der Waals surface area contributed by atoms with Gasteiger partial charge in [-0.3, -0.25) is 0 Å². The predicted octanol–water partition coefficient (Wildman–Crippen LogP) is 3.02. The number of thioether (sulfide) groups is 1. The molecule has 1 fully saturated rings. The molecule has 0 radical (unpaired) electrons. The third-order valence-corrected chi connectivity index (χ3v) is 5.47. The number of ether oxygens (including phenoxy) is 1. The van der Waals surface area contributed by atoms with Crippen molar-refractivity contribution in [1.29, 1.82) is 0 Å². The van der Waals surface area contributed by atoms with Crippen LogP contribution in [0, 0.1) is 0 Å². The molecule has 0 spiro atoms. The molecule has 1 N–H and O–H groups in total. The van der Waals surface area contributed by atoms with Crippen LogP contribution in [0.25, 0.3) is 0 Å². The lowest BCUT2D eigenvalue weighted by Gasteiger charge is -2.40. The number of anilines is 1. The molecule has 100 valence electrons. The summed E-state index contributed by atoms with van der Waals surface area (Å²) in [6.07, 6.45) is 6.00. The molecule has 0 atom stereocenters. The summed E-state index contributed by atoms with van der Waals surface area (Å²) in [6.45, 7) is 3.10. The second-order valence-electron chi connectivity index (χ2n) is 4.35. The van der Waals surface area contributed by atoms with Crippen LogP contribution in [0.4, 0.5) is 5.13 Å². The summed E-state index contributed by atoms with van der Waals surface area (Å²) in [7, 11) is 0. The van der Waals surface area contributed by atoms with Crippen molar-refractivity contribution in [2.75, 3.05) is 24.7 Å². The van der Waals surface area contributed by atoms with E-state index in [0.717, 1.165) is 11.7 Å². The van der Waals surface area contributed by atoms with Crippen molar-refractivity contribution in [3.05, 3.63) is 11.1 Å². The molecular formula is C12H18N2O2S2. The van der Waals surface area contributed by atoms with Gasteiger partial charge in [-0.1, -0.05) is 6.42 Å². The molecule has 1 saturated carbocycles. The van der Waals surface area contributed by atoms with Gasteiger partial charge in [0.25, 0.3) is 0 Å². The van der Waals surface area contributed by atoms with Crippen molar-refractivity contribution < 1.29 is 9.53 Å². The van der Waals surface area contributed by atoms with Crippen LogP contribution in [-0.2, 0) is 4.74 Å². The van der Waals surface area contributed by atoms with E-state index in [0.29, 0.717) is 17.0 Å². The fourth-order valence-corrected chi connectivity index (χ4v) is 3.51. The lowest BCUT2D eigenvalue weighted by atomic mass is 9.84. The predicted molar refractivity (Wildman–Crippen MR) is 76.7 cm³/mol. The van der Waals surface area contributed by atoms with Gasteiger partial charge in [-0.15, -0.1) is 11.3 Å². The van der Waals surface area contributed by atoms with E-state index >= 15 is 0 Å². The smallest absolute Gasteiger partial charge is 0.357 e. The third-order valence-electron chi connectivity index (χ3n) is 3.25. The molecule has 0 aromatic carbocycles. The highest BCUT2D eigenvalue weighted by Gasteiger charge is 2.36. The van der Waals surface area contributed by atoms with Crippen molar-refractivity contribution in [1.82, 2.24) is 4.98 Å². The Morgan fingerprint density at radius 2 is 2.44 bits per heavy atom. The zero-order chi connectivity index (χ0) is 13.0. The zero-order valence-corrected chi connectivity index (χ0v) is 12.3. The maximum Gasteiger partial charge on any atom is 0.357 e. The molecule has 1 aliphatic carbocycles. The fourth-order valence-electron chi connectivity index (χ4n) is 1.91. The molecule has 4 nitrogen and oxygen atoms in total. The Bertz CT molecular complexity index is 410. The van der Waals surface area contributed by atoms with Crippen LogP contribution in [0.15, 0.2) is 5.38 Å². The zero-order valence-electron chi connectivity index (χ0n) is 10.7. The van der Waals surface area contributed by atoms with Crippen LogP contribution in [-0.4, -0.2) is 35.1 Å². The number of hydrogen-bond acceptors (Lipinski definition) is 6. The van der Waals surface area contributed by atoms with E-state index in [1.54, 1.807) is 12.3 Å². The Labute approximate surface area is 116 Å². The highest BCUT2D eigenvalue weighted by Crippen LogP contribution is 2.42. The number of hydrogen-bond donors (Lipinski definition) is 1. The summed E-state index contributed by atoms with van der Waals surface area (Å²) in [6, 6.07) is 0. The van der Waals surface area contributed by atoms with E-state index < -0.39 is 0 Å². The van der Waals surface area contributed by atoms with Crippen LogP contribution in [0.2, 0.25) is 0 Å². The number of aromatic nitrogens is 1. The van der Waals surface area contributed by atoms with Gasteiger partial charge in [-0.2, -0.15) is 11.8 Å². The molecule has 1 heterocycles. The van der Waals surface area contributed by atoms with Gasteiger partial charge in [0.1, 0.15) is 0 Å². The van der Waals surface area contributed by atoms with Crippen molar-refractivity contribution in [3.8, 4) is 0 Å². The summed E-state index contributed by atoms with van der Waals surface area (Å²) >= 11 is 3.38. The first-order valence-electron chi connectivity index (χ1n) is 6.11. The number of carbonyl (C=O) groups is 1. The SMILES string of the molecule is CCOC(=O)c1csc(NCC2(SC)CCC2)n1. The number of rotatable bonds is 6. The van der Waals surface area contributed by atoms with Gasteiger partial charge in [0.05, 0.1) is 6.61 Å². The molecule has 0 unspecified atom stereocenters. The number of thiazole rings is 1. The number of esters is 1. The average Bonchev–Trinajstić information content (AvgIpc) is 2.77. The van der Waals surface area contributed by atoms with Crippen LogP contribution < -0.4 is 5.32 Å². The van der Waals surface area contributed by atoms with Gasteiger partial charge in [0.2, 0.25) is 0 Å². The van der Waals surface area contributed by atoms with Gasteiger partial charge in [0, 0.05) is 16.7 Å². The van der Waals surface area contributed by atoms with Gasteiger partial charge >= 0.3 is 5.97 Å². The van der Waals surface area contributed by atoms with E-state index in [1.165, 1.54) is 30.6 Å². The van der Waals surface area contributed by atoms with Crippen LogP contribution >= 0.6 is 23.1 Å². The summed E-state index contributed by atoms with van der Waals surface area (Å²) < 4.78 is 5.28. The highest BCUT2D eigenvalue weighted by molar-refractivity contribution is 8.00. The maximum atomic E-state index is 11.5. The summed E-state index contributed by atoms with van der Waals surface area (Å²) in [5, 5.41) is 5.88. The summed E-state index contributed by atoms with van der Waals surface area (Å²) in [4.78, 5) is 15.7. The van der Waals surface area contributed by atoms with E-state index in [-0.39, 0.29) is 5.97 Å². The van der Waals surface area contributed by atoms with Crippen LogP contribution in [0.5, 0.6) is 0 Å². The van der Waals surface area contributed by atoms with Crippen molar-refractivity contribution in [3.63, 3.8) is 0 Å². The topological polar surface area (TPSA) is 51.2 Å². The highest BCUT2D eigenvalue weighted by atomic mass is 32.2. The second-order valence-corrected chi connectivity index (χ2v) is 6.48. The molecule has 0 bridgehead atoms. The van der Waals surface area contributed by atoms with E-state index in [4.69, 9.17) is 4.74 Å². The molecule has 2 rings (SSSR count). The van der Waals surface area contributed by atoms with Gasteiger partial charge in [-0.25, -0.2) is 9.78 Å². The quantitative estimate of drug-likeness (QED) is 0.815. The number of nitrogens with zero attached hydrogens (tertiary/aromatic N) is 1. The maximum absolute atomic E-state index is 11.5. The summed E-state index contributed by atoms with van der Waals surface area (Å²) in [5.41, 5.74) is 0.399. The first-order valence-corrected chi connectivity index (χ1v) is 8.21. The molecule has 0 amide bonds. The van der Waals surface area contributed by atoms with Gasteiger partial charge in [-0.05, 0) is 26.0 Å². The fraction of sp³-hybridized carbons (Fsp3) is 0.667. The molecule has 6 heteroatoms. The Morgan fingerprint density at radius 1 is 1.67 bits per heavy atom. The molecule has 0 aliphatic heterocycles. The first kappa shape index (κ1) is 13.7. The minimum absolute atomic E-state index is 0.343. The van der Waals surface area contributed by atoms with E-state index in [9.17, 15) is 4.79 Å². The van der Waals surface area contributed by atoms with Crippen molar-refractivity contribution in [2.45, 2.75) is 30.9 Å². The Kier molecular flexibility index (Phi) is 4.50. The normalized spacial score (nSPS) is 17.0. The van der Waals surface area contributed by atoms with Crippen molar-refractivity contribution >= 4 is 34.2 Å². The molecule has 1 aromatic heterocycles. The standard InChI is InChI=1S/C12H18N2O2S2/c1-3-16-10(15)9-7-18-11(14-9)13-8-12(17-2)5-4-6-12/h7H,3-6,8H2,1-2H3,(H,13,14). The van der Waals surface area contributed by atoms with Crippen LogP contribution in [0.3, 0.4) is 0 Å². The largest absolute Gasteiger partial charge is 0.461 e. The van der Waals surface area contributed by atoms with E-state index in [1.807, 2.05) is 11.8 Å².